The standard InChI is InChI=1S/C23H31FO6/c1-21(2,3)29-19(26)17-15(25)12-23(7,28)18(20(27)30-22(4,5)6)16(17)13-8-10-14(24)11-9-13/h8-11,16-18,28H,12H2,1-7H3/t16-,17+,18-,23+/m0/s1. The average Bonchev–Trinajstić information content (AvgIpc) is 2.50. The maximum absolute atomic E-state index is 13.5. The van der Waals surface area contributed by atoms with Crippen LogP contribution >= 0.6 is 0 Å². The van der Waals surface area contributed by atoms with Gasteiger partial charge in [-0.3, -0.25) is 14.4 Å². The van der Waals surface area contributed by atoms with Gasteiger partial charge in [0.05, 0.1) is 11.5 Å². The van der Waals surface area contributed by atoms with Gasteiger partial charge in [0, 0.05) is 12.3 Å². The van der Waals surface area contributed by atoms with E-state index >= 15 is 0 Å². The molecular formula is C23H31FO6. The molecule has 1 aromatic rings. The van der Waals surface area contributed by atoms with Crippen molar-refractivity contribution in [2.75, 3.05) is 0 Å². The molecule has 1 aromatic carbocycles. The first kappa shape index (κ1) is 24.0. The highest BCUT2D eigenvalue weighted by Gasteiger charge is 2.57. The molecule has 0 bridgehead atoms. The predicted octanol–water partition coefficient (Wildman–Crippen LogP) is 3.55. The summed E-state index contributed by atoms with van der Waals surface area (Å²) in [7, 11) is 0. The molecule has 166 valence electrons. The fraction of sp³-hybridized carbons (Fsp3) is 0.609. The minimum Gasteiger partial charge on any atom is -0.460 e. The minimum absolute atomic E-state index is 0.372. The van der Waals surface area contributed by atoms with E-state index in [1.807, 2.05) is 0 Å². The molecule has 4 atom stereocenters. The Hall–Kier alpha value is -2.28. The van der Waals surface area contributed by atoms with Gasteiger partial charge in [-0.1, -0.05) is 12.1 Å². The van der Waals surface area contributed by atoms with Crippen molar-refractivity contribution >= 4 is 17.7 Å². The van der Waals surface area contributed by atoms with Crippen LogP contribution in [0.4, 0.5) is 4.39 Å². The molecular weight excluding hydrogens is 391 g/mol. The summed E-state index contributed by atoms with van der Waals surface area (Å²) < 4.78 is 24.5. The van der Waals surface area contributed by atoms with Crippen LogP contribution in [0.3, 0.4) is 0 Å². The smallest absolute Gasteiger partial charge is 0.317 e. The van der Waals surface area contributed by atoms with Gasteiger partial charge in [-0.05, 0) is 66.2 Å². The Kier molecular flexibility index (Phi) is 6.48. The van der Waals surface area contributed by atoms with Crippen LogP contribution in [0, 0.1) is 17.7 Å². The van der Waals surface area contributed by atoms with Gasteiger partial charge >= 0.3 is 11.9 Å². The molecule has 1 fully saturated rings. The molecule has 1 saturated carbocycles. The van der Waals surface area contributed by atoms with Crippen molar-refractivity contribution in [2.24, 2.45) is 11.8 Å². The fourth-order valence-corrected chi connectivity index (χ4v) is 3.83. The summed E-state index contributed by atoms with van der Waals surface area (Å²) in [5.41, 5.74) is -3.08. The van der Waals surface area contributed by atoms with Crippen molar-refractivity contribution in [3.8, 4) is 0 Å². The Bertz CT molecular complexity index is 814. The summed E-state index contributed by atoms with van der Waals surface area (Å²) in [6, 6.07) is 5.18. The second-order valence-electron chi connectivity index (χ2n) is 10.1. The fourth-order valence-electron chi connectivity index (χ4n) is 3.83. The second-order valence-corrected chi connectivity index (χ2v) is 10.1. The Labute approximate surface area is 176 Å². The van der Waals surface area contributed by atoms with Gasteiger partial charge in [-0.2, -0.15) is 0 Å². The number of halogens is 1. The van der Waals surface area contributed by atoms with E-state index in [0.29, 0.717) is 5.56 Å². The molecule has 0 radical (unpaired) electrons. The van der Waals surface area contributed by atoms with E-state index in [9.17, 15) is 23.9 Å². The summed E-state index contributed by atoms with van der Waals surface area (Å²) >= 11 is 0. The van der Waals surface area contributed by atoms with Crippen LogP contribution in [0.15, 0.2) is 24.3 Å². The molecule has 0 spiro atoms. The highest BCUT2D eigenvalue weighted by molar-refractivity contribution is 6.03. The third-order valence-electron chi connectivity index (χ3n) is 4.84. The lowest BCUT2D eigenvalue weighted by atomic mass is 9.61. The maximum atomic E-state index is 13.5. The van der Waals surface area contributed by atoms with Crippen molar-refractivity contribution in [2.45, 2.75) is 77.6 Å². The zero-order valence-electron chi connectivity index (χ0n) is 18.6. The van der Waals surface area contributed by atoms with Crippen LogP contribution < -0.4 is 0 Å². The normalized spacial score (nSPS) is 27.5. The van der Waals surface area contributed by atoms with Crippen LogP contribution in [0.25, 0.3) is 0 Å². The molecule has 1 N–H and O–H groups in total. The molecule has 30 heavy (non-hydrogen) atoms. The number of aliphatic hydroxyl groups is 1. The molecule has 0 aromatic heterocycles. The van der Waals surface area contributed by atoms with E-state index in [4.69, 9.17) is 9.47 Å². The number of Topliss-reactive ketones (excluding diaryl/α,β-unsaturated/α-hetero) is 1. The highest BCUT2D eigenvalue weighted by atomic mass is 19.1. The van der Waals surface area contributed by atoms with E-state index in [1.165, 1.54) is 31.2 Å². The summed E-state index contributed by atoms with van der Waals surface area (Å²) in [6.07, 6.45) is -0.404. The number of hydrogen-bond acceptors (Lipinski definition) is 6. The molecule has 2 rings (SSSR count). The van der Waals surface area contributed by atoms with E-state index in [2.05, 4.69) is 0 Å². The average molecular weight is 422 g/mol. The summed E-state index contributed by atoms with van der Waals surface area (Å²) in [6.45, 7) is 11.5. The van der Waals surface area contributed by atoms with Gasteiger partial charge < -0.3 is 14.6 Å². The molecule has 0 aliphatic heterocycles. The first-order valence-electron chi connectivity index (χ1n) is 9.98. The van der Waals surface area contributed by atoms with E-state index in [0.717, 1.165) is 0 Å². The van der Waals surface area contributed by atoms with Gasteiger partial charge in [-0.25, -0.2) is 4.39 Å². The van der Waals surface area contributed by atoms with E-state index in [-0.39, 0.29) is 0 Å². The van der Waals surface area contributed by atoms with Crippen molar-refractivity contribution in [1.82, 2.24) is 0 Å². The monoisotopic (exact) mass is 422 g/mol. The first-order valence-corrected chi connectivity index (χ1v) is 9.98. The van der Waals surface area contributed by atoms with Gasteiger partial charge in [0.1, 0.15) is 22.9 Å². The second kappa shape index (κ2) is 8.10. The van der Waals surface area contributed by atoms with Crippen molar-refractivity contribution in [3.05, 3.63) is 35.6 Å². The van der Waals surface area contributed by atoms with E-state index in [1.54, 1.807) is 41.5 Å². The Morgan fingerprint density at radius 3 is 1.93 bits per heavy atom. The quantitative estimate of drug-likeness (QED) is 0.592. The Morgan fingerprint density at radius 2 is 1.47 bits per heavy atom. The molecule has 0 amide bonds. The summed E-state index contributed by atoms with van der Waals surface area (Å²) in [5, 5.41) is 11.0. The number of hydrogen-bond donors (Lipinski definition) is 1. The van der Waals surface area contributed by atoms with Gasteiger partial charge in [0.2, 0.25) is 0 Å². The highest BCUT2D eigenvalue weighted by Crippen LogP contribution is 2.47. The van der Waals surface area contributed by atoms with Crippen LogP contribution in [0.5, 0.6) is 0 Å². The third kappa shape index (κ3) is 5.65. The summed E-state index contributed by atoms with van der Waals surface area (Å²) in [4.78, 5) is 39.1. The number of esters is 2. The molecule has 0 heterocycles. The van der Waals surface area contributed by atoms with Crippen LogP contribution in [-0.4, -0.2) is 39.6 Å². The number of rotatable bonds is 3. The van der Waals surface area contributed by atoms with Crippen LogP contribution in [-0.2, 0) is 23.9 Å². The molecule has 0 saturated heterocycles. The lowest BCUT2D eigenvalue weighted by molar-refractivity contribution is -0.182. The maximum Gasteiger partial charge on any atom is 0.317 e. The lowest BCUT2D eigenvalue weighted by Gasteiger charge is -2.44. The number of carbonyl (C=O) groups is 3. The SMILES string of the molecule is CC(C)(C)OC(=O)[C@@H]1C(=O)C[C@@](C)(O)[C@H](C(=O)OC(C)(C)C)[C@H]1c1ccc(F)cc1. The number of ketones is 1. The van der Waals surface area contributed by atoms with Crippen molar-refractivity contribution < 1.29 is 33.4 Å². The van der Waals surface area contributed by atoms with Crippen LogP contribution in [0.2, 0.25) is 0 Å². The van der Waals surface area contributed by atoms with Crippen molar-refractivity contribution in [3.63, 3.8) is 0 Å². The topological polar surface area (TPSA) is 89.9 Å². The van der Waals surface area contributed by atoms with Gasteiger partial charge in [0.25, 0.3) is 0 Å². The molecule has 0 unspecified atom stereocenters. The Morgan fingerprint density at radius 1 is 1.00 bits per heavy atom. The molecule has 7 heteroatoms. The Balaban J connectivity index is 2.62. The third-order valence-corrected chi connectivity index (χ3v) is 4.84. The lowest BCUT2D eigenvalue weighted by Crippen LogP contribution is -2.56. The first-order chi connectivity index (χ1) is 13.5. The number of ether oxygens (including phenoxy) is 2. The van der Waals surface area contributed by atoms with E-state index < -0.39 is 64.5 Å². The summed E-state index contributed by atoms with van der Waals surface area (Å²) in [5.74, 6) is -6.18. The molecule has 1 aliphatic rings. The predicted molar refractivity (Wildman–Crippen MR) is 108 cm³/mol. The molecule has 1 aliphatic carbocycles. The van der Waals surface area contributed by atoms with Gasteiger partial charge in [0.15, 0.2) is 5.78 Å². The largest absolute Gasteiger partial charge is 0.460 e. The van der Waals surface area contributed by atoms with Crippen LogP contribution in [0.1, 0.15) is 66.4 Å². The zero-order valence-corrected chi connectivity index (χ0v) is 18.6. The minimum atomic E-state index is -1.75. The van der Waals surface area contributed by atoms with Crippen molar-refractivity contribution in [1.29, 1.82) is 0 Å². The van der Waals surface area contributed by atoms with Gasteiger partial charge in [-0.15, -0.1) is 0 Å². The number of carbonyl (C=O) groups excluding carboxylic acids is 3. The zero-order chi connectivity index (χ0) is 23.1. The number of benzene rings is 1. The molecule has 6 nitrogen and oxygen atoms in total.